The molecule has 13 heavy (non-hydrogen) atoms. The van der Waals surface area contributed by atoms with Gasteiger partial charge in [0, 0.05) is 7.11 Å². The van der Waals surface area contributed by atoms with Crippen LogP contribution in [-0.4, -0.2) is 38.5 Å². The molecule has 0 aliphatic rings. The topological polar surface area (TPSA) is 44.8 Å². The number of carbonyl (C=O) groups excluding carboxylic acids is 1. The first kappa shape index (κ1) is 12.4. The average Bonchev–Trinajstić information content (AvgIpc) is 2.02. The van der Waals surface area contributed by atoms with E-state index in [4.69, 9.17) is 14.2 Å². The SMILES string of the molecule is CCOC(=O)COC(C)(C)COC. The molecule has 0 atom stereocenters. The highest BCUT2D eigenvalue weighted by atomic mass is 16.6. The predicted octanol–water partition coefficient (Wildman–Crippen LogP) is 0.991. The Hall–Kier alpha value is -0.610. The maximum atomic E-state index is 10.9. The number of esters is 1. The molecule has 0 spiro atoms. The molecule has 4 nitrogen and oxygen atoms in total. The van der Waals surface area contributed by atoms with E-state index in [0.717, 1.165) is 0 Å². The molecule has 4 heteroatoms. The summed E-state index contributed by atoms with van der Waals surface area (Å²) in [6.07, 6.45) is 0. The van der Waals surface area contributed by atoms with Crippen LogP contribution in [0.15, 0.2) is 0 Å². The Bertz CT molecular complexity index is 154. The van der Waals surface area contributed by atoms with Crippen LogP contribution in [0.25, 0.3) is 0 Å². The first-order valence-corrected chi connectivity index (χ1v) is 4.30. The van der Waals surface area contributed by atoms with E-state index in [1.54, 1.807) is 14.0 Å². The monoisotopic (exact) mass is 190 g/mol. The lowest BCUT2D eigenvalue weighted by Crippen LogP contribution is -2.32. The van der Waals surface area contributed by atoms with Gasteiger partial charge in [-0.3, -0.25) is 0 Å². The Balaban J connectivity index is 3.67. The van der Waals surface area contributed by atoms with Gasteiger partial charge in [-0.25, -0.2) is 4.79 Å². The van der Waals surface area contributed by atoms with Gasteiger partial charge < -0.3 is 14.2 Å². The third-order valence-corrected chi connectivity index (χ3v) is 1.38. The zero-order valence-electron chi connectivity index (χ0n) is 8.75. The summed E-state index contributed by atoms with van der Waals surface area (Å²) in [6, 6.07) is 0. The summed E-state index contributed by atoms with van der Waals surface area (Å²) < 4.78 is 14.9. The Morgan fingerprint density at radius 3 is 2.46 bits per heavy atom. The minimum atomic E-state index is -0.443. The first-order valence-electron chi connectivity index (χ1n) is 4.30. The van der Waals surface area contributed by atoms with Crippen LogP contribution in [0.2, 0.25) is 0 Å². The van der Waals surface area contributed by atoms with Gasteiger partial charge in [0.25, 0.3) is 0 Å². The highest BCUT2D eigenvalue weighted by Crippen LogP contribution is 2.08. The van der Waals surface area contributed by atoms with E-state index in [1.807, 2.05) is 13.8 Å². The zero-order chi connectivity index (χ0) is 10.3. The molecule has 0 heterocycles. The van der Waals surface area contributed by atoms with Crippen molar-refractivity contribution in [2.75, 3.05) is 26.9 Å². The molecule has 0 rings (SSSR count). The van der Waals surface area contributed by atoms with Crippen molar-refractivity contribution in [3.63, 3.8) is 0 Å². The lowest BCUT2D eigenvalue weighted by Gasteiger charge is -2.23. The van der Waals surface area contributed by atoms with Crippen molar-refractivity contribution in [1.82, 2.24) is 0 Å². The molecule has 0 aliphatic carbocycles. The van der Waals surface area contributed by atoms with Gasteiger partial charge in [-0.15, -0.1) is 0 Å². The number of rotatable bonds is 6. The van der Waals surface area contributed by atoms with Crippen LogP contribution >= 0.6 is 0 Å². The highest BCUT2D eigenvalue weighted by Gasteiger charge is 2.19. The molecule has 0 saturated heterocycles. The minimum Gasteiger partial charge on any atom is -0.464 e. The van der Waals surface area contributed by atoms with Crippen LogP contribution in [0, 0.1) is 0 Å². The van der Waals surface area contributed by atoms with Crippen molar-refractivity contribution < 1.29 is 19.0 Å². The fourth-order valence-corrected chi connectivity index (χ4v) is 0.846. The van der Waals surface area contributed by atoms with Gasteiger partial charge in [0.2, 0.25) is 0 Å². The third-order valence-electron chi connectivity index (χ3n) is 1.38. The van der Waals surface area contributed by atoms with Crippen LogP contribution in [0.5, 0.6) is 0 Å². The van der Waals surface area contributed by atoms with Gasteiger partial charge in [-0.05, 0) is 20.8 Å². The lowest BCUT2D eigenvalue weighted by atomic mass is 10.1. The van der Waals surface area contributed by atoms with Crippen molar-refractivity contribution in [1.29, 1.82) is 0 Å². The molecule has 0 aromatic heterocycles. The summed E-state index contributed by atoms with van der Waals surface area (Å²) in [4.78, 5) is 10.9. The summed E-state index contributed by atoms with van der Waals surface area (Å²) in [5, 5.41) is 0. The molecule has 0 fully saturated rings. The molecule has 0 bridgehead atoms. The van der Waals surface area contributed by atoms with E-state index in [-0.39, 0.29) is 12.6 Å². The van der Waals surface area contributed by atoms with Crippen LogP contribution in [0.1, 0.15) is 20.8 Å². The molecular weight excluding hydrogens is 172 g/mol. The molecule has 0 amide bonds. The number of carbonyl (C=O) groups is 1. The normalized spacial score (nSPS) is 11.4. The minimum absolute atomic E-state index is 0.0236. The summed E-state index contributed by atoms with van der Waals surface area (Å²) in [5.41, 5.74) is -0.443. The van der Waals surface area contributed by atoms with E-state index in [2.05, 4.69) is 0 Å². The number of hydrogen-bond donors (Lipinski definition) is 0. The van der Waals surface area contributed by atoms with Crippen LogP contribution in [-0.2, 0) is 19.0 Å². The number of hydrogen-bond acceptors (Lipinski definition) is 4. The second kappa shape index (κ2) is 5.94. The van der Waals surface area contributed by atoms with Crippen molar-refractivity contribution in [2.24, 2.45) is 0 Å². The highest BCUT2D eigenvalue weighted by molar-refractivity contribution is 5.70. The molecule has 78 valence electrons. The van der Waals surface area contributed by atoms with E-state index in [0.29, 0.717) is 13.2 Å². The Kier molecular flexibility index (Phi) is 5.66. The molecule has 0 radical (unpaired) electrons. The number of ether oxygens (including phenoxy) is 3. The van der Waals surface area contributed by atoms with Gasteiger partial charge >= 0.3 is 5.97 Å². The first-order chi connectivity index (χ1) is 6.02. The van der Waals surface area contributed by atoms with Crippen LogP contribution in [0.4, 0.5) is 0 Å². The van der Waals surface area contributed by atoms with Crippen molar-refractivity contribution in [3.8, 4) is 0 Å². The second-order valence-electron chi connectivity index (χ2n) is 3.29. The third kappa shape index (κ3) is 6.54. The van der Waals surface area contributed by atoms with E-state index in [1.165, 1.54) is 0 Å². The van der Waals surface area contributed by atoms with E-state index >= 15 is 0 Å². The molecular formula is C9H18O4. The Morgan fingerprint density at radius 2 is 2.00 bits per heavy atom. The van der Waals surface area contributed by atoms with Crippen molar-refractivity contribution in [2.45, 2.75) is 26.4 Å². The van der Waals surface area contributed by atoms with Gasteiger partial charge in [-0.2, -0.15) is 0 Å². The fraction of sp³-hybridized carbons (Fsp3) is 0.889. The molecule has 0 saturated carbocycles. The second-order valence-corrected chi connectivity index (χ2v) is 3.29. The molecule has 0 aromatic rings. The quantitative estimate of drug-likeness (QED) is 0.586. The van der Waals surface area contributed by atoms with Gasteiger partial charge in [-0.1, -0.05) is 0 Å². The molecule has 0 unspecified atom stereocenters. The molecule has 0 aliphatic heterocycles. The summed E-state index contributed by atoms with van der Waals surface area (Å²) in [6.45, 7) is 6.28. The van der Waals surface area contributed by atoms with Crippen LogP contribution in [0.3, 0.4) is 0 Å². The molecule has 0 aromatic carbocycles. The Labute approximate surface area is 79.2 Å². The fourth-order valence-electron chi connectivity index (χ4n) is 0.846. The summed E-state index contributed by atoms with van der Waals surface area (Å²) in [5.74, 6) is -0.341. The maximum Gasteiger partial charge on any atom is 0.332 e. The summed E-state index contributed by atoms with van der Waals surface area (Å²) >= 11 is 0. The lowest BCUT2D eigenvalue weighted by molar-refractivity contribution is -0.156. The standard InChI is InChI=1S/C9H18O4/c1-5-12-8(10)6-13-9(2,3)7-11-4/h5-7H2,1-4H3. The smallest absolute Gasteiger partial charge is 0.332 e. The summed E-state index contributed by atoms with van der Waals surface area (Å²) in [7, 11) is 1.59. The van der Waals surface area contributed by atoms with Crippen molar-refractivity contribution >= 4 is 5.97 Å². The zero-order valence-corrected chi connectivity index (χ0v) is 8.75. The van der Waals surface area contributed by atoms with Crippen molar-refractivity contribution in [3.05, 3.63) is 0 Å². The van der Waals surface area contributed by atoms with Gasteiger partial charge in [0.05, 0.1) is 18.8 Å². The largest absolute Gasteiger partial charge is 0.464 e. The van der Waals surface area contributed by atoms with Crippen LogP contribution < -0.4 is 0 Å². The predicted molar refractivity (Wildman–Crippen MR) is 48.5 cm³/mol. The van der Waals surface area contributed by atoms with Gasteiger partial charge in [0.1, 0.15) is 6.61 Å². The van der Waals surface area contributed by atoms with Gasteiger partial charge in [0.15, 0.2) is 0 Å². The maximum absolute atomic E-state index is 10.9. The van der Waals surface area contributed by atoms with E-state index < -0.39 is 5.60 Å². The number of methoxy groups -OCH3 is 1. The van der Waals surface area contributed by atoms with E-state index in [9.17, 15) is 4.79 Å². The average molecular weight is 190 g/mol. The Morgan fingerprint density at radius 1 is 1.38 bits per heavy atom. The molecule has 0 N–H and O–H groups in total.